The summed E-state index contributed by atoms with van der Waals surface area (Å²) in [5.74, 6) is -1.48. The zero-order valence-corrected chi connectivity index (χ0v) is 29.2. The quantitative estimate of drug-likeness (QED) is 0.119. The molecule has 3 aromatic carbocycles. The molecule has 0 spiro atoms. The van der Waals surface area contributed by atoms with Crippen molar-refractivity contribution in [3.05, 3.63) is 108 Å². The van der Waals surface area contributed by atoms with Gasteiger partial charge < -0.3 is 18.8 Å². The van der Waals surface area contributed by atoms with Gasteiger partial charge in [-0.05, 0) is 87.9 Å². The van der Waals surface area contributed by atoms with E-state index >= 15 is 0 Å². The van der Waals surface area contributed by atoms with Crippen LogP contribution in [0, 0.1) is 5.82 Å². The van der Waals surface area contributed by atoms with E-state index in [1.165, 1.54) is 12.1 Å². The molecule has 6 nitrogen and oxygen atoms in total. The number of hydrogen-bond donors (Lipinski definition) is 0. The van der Waals surface area contributed by atoms with E-state index in [0.717, 1.165) is 33.6 Å². The SMILES string of the molecule is CC(C)c1c(C(=O)Cc2ccccc2)c(-c2ccccc2)c(-c2ccc(F)cc2)n1CCC1CC(CC(=O)OC(C)(C)C)OC(C)(C)O1. The van der Waals surface area contributed by atoms with Crippen LogP contribution in [0.1, 0.15) is 95.3 Å². The van der Waals surface area contributed by atoms with Gasteiger partial charge in [0.15, 0.2) is 11.6 Å². The van der Waals surface area contributed by atoms with Crippen LogP contribution in [-0.4, -0.2) is 39.9 Å². The average Bonchev–Trinajstić information content (AvgIpc) is 3.35. The Balaban J connectivity index is 1.59. The Hall–Kier alpha value is -4.07. The molecule has 0 bridgehead atoms. The monoisotopic (exact) mass is 653 g/mol. The first-order valence-electron chi connectivity index (χ1n) is 16.9. The zero-order valence-electron chi connectivity index (χ0n) is 29.2. The summed E-state index contributed by atoms with van der Waals surface area (Å²) < 4.78 is 34.7. The maximum Gasteiger partial charge on any atom is 0.308 e. The summed E-state index contributed by atoms with van der Waals surface area (Å²) in [7, 11) is 0. The molecule has 1 saturated heterocycles. The van der Waals surface area contributed by atoms with Crippen LogP contribution in [0.25, 0.3) is 22.4 Å². The van der Waals surface area contributed by atoms with E-state index < -0.39 is 11.4 Å². The molecule has 254 valence electrons. The molecular formula is C41H48FNO5. The number of ether oxygens (including phenoxy) is 3. The number of carbonyl (C=O) groups excluding carboxylic acids is 2. The molecule has 2 heterocycles. The van der Waals surface area contributed by atoms with E-state index in [9.17, 15) is 14.0 Å². The Morgan fingerprint density at radius 2 is 1.50 bits per heavy atom. The Kier molecular flexibility index (Phi) is 10.7. The highest BCUT2D eigenvalue weighted by molar-refractivity contribution is 6.08. The maximum atomic E-state index is 14.5. The first kappa shape index (κ1) is 35.2. The highest BCUT2D eigenvalue weighted by atomic mass is 19.1. The van der Waals surface area contributed by atoms with Crippen molar-refractivity contribution < 1.29 is 28.2 Å². The van der Waals surface area contributed by atoms with Gasteiger partial charge in [0.25, 0.3) is 0 Å². The molecule has 0 amide bonds. The van der Waals surface area contributed by atoms with Crippen LogP contribution in [0.3, 0.4) is 0 Å². The van der Waals surface area contributed by atoms with E-state index in [2.05, 4.69) is 18.4 Å². The number of carbonyl (C=O) groups is 2. The lowest BCUT2D eigenvalue weighted by atomic mass is 9.90. The molecule has 5 rings (SSSR count). The first-order valence-corrected chi connectivity index (χ1v) is 16.9. The Labute approximate surface area is 284 Å². The second-order valence-electron chi connectivity index (χ2n) is 14.4. The van der Waals surface area contributed by atoms with Crippen LogP contribution in [0.4, 0.5) is 4.39 Å². The van der Waals surface area contributed by atoms with Crippen molar-refractivity contribution in [2.24, 2.45) is 0 Å². The summed E-state index contributed by atoms with van der Waals surface area (Å²) in [5, 5.41) is 0. The van der Waals surface area contributed by atoms with Crippen LogP contribution in [0.5, 0.6) is 0 Å². The van der Waals surface area contributed by atoms with Crippen LogP contribution in [0.2, 0.25) is 0 Å². The van der Waals surface area contributed by atoms with Gasteiger partial charge in [-0.2, -0.15) is 0 Å². The number of hydrogen-bond acceptors (Lipinski definition) is 5. The Morgan fingerprint density at radius 3 is 2.10 bits per heavy atom. The van der Waals surface area contributed by atoms with Crippen LogP contribution in [-0.2, 0) is 32.0 Å². The van der Waals surface area contributed by atoms with E-state index in [0.29, 0.717) is 24.9 Å². The lowest BCUT2D eigenvalue weighted by Crippen LogP contribution is -2.46. The molecule has 2 atom stereocenters. The fourth-order valence-corrected chi connectivity index (χ4v) is 6.78. The molecule has 0 aliphatic carbocycles. The predicted molar refractivity (Wildman–Crippen MR) is 187 cm³/mol. The number of halogens is 1. The minimum Gasteiger partial charge on any atom is -0.460 e. The summed E-state index contributed by atoms with van der Waals surface area (Å²) in [4.78, 5) is 27.2. The molecule has 1 fully saturated rings. The largest absolute Gasteiger partial charge is 0.460 e. The lowest BCUT2D eigenvalue weighted by molar-refractivity contribution is -0.301. The summed E-state index contributed by atoms with van der Waals surface area (Å²) in [6, 6.07) is 26.3. The molecular weight excluding hydrogens is 605 g/mol. The lowest BCUT2D eigenvalue weighted by Gasteiger charge is -2.41. The average molecular weight is 654 g/mol. The molecule has 0 N–H and O–H groups in total. The molecule has 7 heteroatoms. The number of benzene rings is 3. The summed E-state index contributed by atoms with van der Waals surface area (Å²) >= 11 is 0. The Morgan fingerprint density at radius 1 is 0.896 bits per heavy atom. The topological polar surface area (TPSA) is 66.8 Å². The first-order chi connectivity index (χ1) is 22.7. The second-order valence-corrected chi connectivity index (χ2v) is 14.4. The standard InChI is InChI=1S/C41H48FNO5/c1-27(2)38-37(34(44)24-28-14-10-8-11-15-28)36(29-16-12-9-13-17-29)39(30-18-20-31(42)21-19-30)43(38)23-22-32-25-33(47-41(6,7)46-32)26-35(45)48-40(3,4)5/h8-21,27,32-33H,22-26H2,1-7H3. The molecule has 4 aromatic rings. The van der Waals surface area contributed by atoms with Gasteiger partial charge in [0.2, 0.25) is 0 Å². The van der Waals surface area contributed by atoms with Gasteiger partial charge in [0.05, 0.1) is 24.3 Å². The number of ketones is 1. The van der Waals surface area contributed by atoms with Crippen molar-refractivity contribution in [1.82, 2.24) is 4.57 Å². The predicted octanol–water partition coefficient (Wildman–Crippen LogP) is 9.54. The van der Waals surface area contributed by atoms with Crippen LogP contribution < -0.4 is 0 Å². The highest BCUT2D eigenvalue weighted by Crippen LogP contribution is 2.43. The van der Waals surface area contributed by atoms with Crippen molar-refractivity contribution in [2.45, 2.75) is 110 Å². The number of Topliss-reactive ketones (excluding diaryl/α,β-unsaturated/α-hetero) is 1. The van der Waals surface area contributed by atoms with Gasteiger partial charge in [0.1, 0.15) is 11.4 Å². The fraction of sp³-hybridized carbons (Fsp3) is 0.415. The molecule has 1 aliphatic rings. The molecule has 0 saturated carbocycles. The van der Waals surface area contributed by atoms with Crippen molar-refractivity contribution in [1.29, 1.82) is 0 Å². The van der Waals surface area contributed by atoms with Gasteiger partial charge in [-0.1, -0.05) is 74.5 Å². The van der Waals surface area contributed by atoms with Gasteiger partial charge in [0, 0.05) is 36.2 Å². The van der Waals surface area contributed by atoms with Gasteiger partial charge in [-0.25, -0.2) is 4.39 Å². The third-order valence-corrected chi connectivity index (χ3v) is 8.43. The summed E-state index contributed by atoms with van der Waals surface area (Å²) in [6.45, 7) is 14.1. The number of esters is 1. The van der Waals surface area contributed by atoms with E-state index in [4.69, 9.17) is 14.2 Å². The molecule has 2 unspecified atom stereocenters. The number of rotatable bonds is 11. The van der Waals surface area contributed by atoms with Crippen LogP contribution >= 0.6 is 0 Å². The third kappa shape index (κ3) is 8.69. The van der Waals surface area contributed by atoms with E-state index in [1.54, 1.807) is 12.1 Å². The number of nitrogens with zero attached hydrogens (tertiary/aromatic N) is 1. The smallest absolute Gasteiger partial charge is 0.308 e. The van der Waals surface area contributed by atoms with Gasteiger partial charge in [-0.3, -0.25) is 9.59 Å². The van der Waals surface area contributed by atoms with E-state index in [-0.39, 0.29) is 48.5 Å². The van der Waals surface area contributed by atoms with Crippen molar-refractivity contribution in [3.8, 4) is 22.4 Å². The minimum atomic E-state index is -0.890. The molecule has 1 aromatic heterocycles. The van der Waals surface area contributed by atoms with Crippen molar-refractivity contribution >= 4 is 11.8 Å². The second kappa shape index (κ2) is 14.6. The minimum absolute atomic E-state index is 0.00310. The van der Waals surface area contributed by atoms with Crippen molar-refractivity contribution in [3.63, 3.8) is 0 Å². The molecule has 0 radical (unpaired) electrons. The number of aromatic nitrogens is 1. The molecule has 48 heavy (non-hydrogen) atoms. The van der Waals surface area contributed by atoms with Crippen molar-refractivity contribution in [2.75, 3.05) is 0 Å². The maximum absolute atomic E-state index is 14.5. The summed E-state index contributed by atoms with van der Waals surface area (Å²) in [6.07, 6.45) is 0.962. The van der Waals surface area contributed by atoms with Gasteiger partial charge >= 0.3 is 5.97 Å². The van der Waals surface area contributed by atoms with Gasteiger partial charge in [-0.15, -0.1) is 0 Å². The Bertz CT molecular complexity index is 1700. The normalized spacial score (nSPS) is 17.8. The van der Waals surface area contributed by atoms with Crippen LogP contribution in [0.15, 0.2) is 84.9 Å². The summed E-state index contributed by atoms with van der Waals surface area (Å²) in [5.41, 5.74) is 5.46. The molecule has 1 aliphatic heterocycles. The fourth-order valence-electron chi connectivity index (χ4n) is 6.78. The highest BCUT2D eigenvalue weighted by Gasteiger charge is 2.38. The van der Waals surface area contributed by atoms with E-state index in [1.807, 2.05) is 95.3 Å². The zero-order chi connectivity index (χ0) is 34.6. The third-order valence-electron chi connectivity index (χ3n) is 8.43.